The van der Waals surface area contributed by atoms with Crippen molar-refractivity contribution in [3.8, 4) is 0 Å². The first-order valence-corrected chi connectivity index (χ1v) is 6.70. The average Bonchev–Trinajstić information content (AvgIpc) is 2.28. The molecule has 1 fully saturated rings. The summed E-state index contributed by atoms with van der Waals surface area (Å²) in [5.74, 6) is 1.05. The predicted molar refractivity (Wildman–Crippen MR) is 67.3 cm³/mol. The zero-order valence-electron chi connectivity index (χ0n) is 10.7. The maximum absolute atomic E-state index is 11.4. The molecule has 94 valence electrons. The second-order valence-corrected chi connectivity index (χ2v) is 4.96. The fraction of sp³-hybridized carbons (Fsp3) is 0.923. The first-order chi connectivity index (χ1) is 7.76. The van der Waals surface area contributed by atoms with Crippen molar-refractivity contribution in [3.05, 3.63) is 0 Å². The monoisotopic (exact) mass is 226 g/mol. The third kappa shape index (κ3) is 4.97. The Balaban J connectivity index is 2.14. The van der Waals surface area contributed by atoms with Gasteiger partial charge in [-0.05, 0) is 38.6 Å². The van der Waals surface area contributed by atoms with Gasteiger partial charge in [-0.25, -0.2) is 0 Å². The Kier molecular flexibility index (Phi) is 6.46. The average molecular weight is 226 g/mol. The van der Waals surface area contributed by atoms with Crippen LogP contribution in [0.1, 0.15) is 51.9 Å². The minimum absolute atomic E-state index is 0.138. The summed E-state index contributed by atoms with van der Waals surface area (Å²) in [6.07, 6.45) is 8.98. The van der Waals surface area contributed by atoms with Gasteiger partial charge in [-0.1, -0.05) is 26.2 Å². The number of nitrogens with one attached hydrogen (secondary N) is 2. The summed E-state index contributed by atoms with van der Waals surface area (Å²) in [5.41, 5.74) is 0. The second-order valence-electron chi connectivity index (χ2n) is 4.96. The normalized spacial score (nSPS) is 25.4. The van der Waals surface area contributed by atoms with Crippen molar-refractivity contribution in [2.24, 2.45) is 5.92 Å². The first-order valence-electron chi connectivity index (χ1n) is 6.70. The smallest absolute Gasteiger partial charge is 0.234 e. The number of carbonyl (C=O) groups is 1. The van der Waals surface area contributed by atoms with E-state index in [4.69, 9.17) is 0 Å². The minimum atomic E-state index is 0.138. The SMILES string of the molecule is CCCCC1CCC(NC(=O)CNC)CC1. The van der Waals surface area contributed by atoms with Gasteiger partial charge in [0.25, 0.3) is 0 Å². The van der Waals surface area contributed by atoms with Gasteiger partial charge in [0.05, 0.1) is 6.54 Å². The molecule has 0 aromatic rings. The highest BCUT2D eigenvalue weighted by Crippen LogP contribution is 2.28. The van der Waals surface area contributed by atoms with Crippen LogP contribution in [0.3, 0.4) is 0 Å². The molecule has 0 radical (unpaired) electrons. The van der Waals surface area contributed by atoms with Crippen LogP contribution in [0.5, 0.6) is 0 Å². The summed E-state index contributed by atoms with van der Waals surface area (Å²) >= 11 is 0. The summed E-state index contributed by atoms with van der Waals surface area (Å²) in [5, 5.41) is 5.98. The highest BCUT2D eigenvalue weighted by Gasteiger charge is 2.21. The molecule has 3 heteroatoms. The van der Waals surface area contributed by atoms with Crippen molar-refractivity contribution in [3.63, 3.8) is 0 Å². The molecule has 0 saturated heterocycles. The Morgan fingerprint density at radius 1 is 1.25 bits per heavy atom. The zero-order chi connectivity index (χ0) is 11.8. The quantitative estimate of drug-likeness (QED) is 0.728. The van der Waals surface area contributed by atoms with Crippen LogP contribution in [-0.2, 0) is 4.79 Å². The molecular weight excluding hydrogens is 200 g/mol. The Morgan fingerprint density at radius 2 is 1.94 bits per heavy atom. The van der Waals surface area contributed by atoms with Gasteiger partial charge < -0.3 is 10.6 Å². The molecule has 1 saturated carbocycles. The van der Waals surface area contributed by atoms with E-state index < -0.39 is 0 Å². The van der Waals surface area contributed by atoms with Crippen molar-refractivity contribution < 1.29 is 4.79 Å². The molecule has 1 amide bonds. The summed E-state index contributed by atoms with van der Waals surface area (Å²) in [6.45, 7) is 2.69. The van der Waals surface area contributed by atoms with Gasteiger partial charge in [-0.2, -0.15) is 0 Å². The van der Waals surface area contributed by atoms with Crippen molar-refractivity contribution >= 4 is 5.91 Å². The Morgan fingerprint density at radius 3 is 2.50 bits per heavy atom. The van der Waals surface area contributed by atoms with Gasteiger partial charge in [-0.3, -0.25) is 4.79 Å². The lowest BCUT2D eigenvalue weighted by Crippen LogP contribution is -2.41. The Labute approximate surface area is 99.4 Å². The number of amides is 1. The van der Waals surface area contributed by atoms with Gasteiger partial charge in [0, 0.05) is 6.04 Å². The second kappa shape index (κ2) is 7.66. The molecule has 0 bridgehead atoms. The summed E-state index contributed by atoms with van der Waals surface area (Å²) in [4.78, 5) is 11.4. The van der Waals surface area contributed by atoms with E-state index in [-0.39, 0.29) is 5.91 Å². The van der Waals surface area contributed by atoms with Gasteiger partial charge in [-0.15, -0.1) is 0 Å². The number of unbranched alkanes of at least 4 members (excludes halogenated alkanes) is 1. The van der Waals surface area contributed by atoms with E-state index in [1.54, 1.807) is 7.05 Å². The molecular formula is C13H26N2O. The lowest BCUT2D eigenvalue weighted by molar-refractivity contribution is -0.121. The van der Waals surface area contributed by atoms with E-state index in [2.05, 4.69) is 17.6 Å². The van der Waals surface area contributed by atoms with Gasteiger partial charge in [0.2, 0.25) is 5.91 Å². The third-order valence-electron chi connectivity index (χ3n) is 3.52. The lowest BCUT2D eigenvalue weighted by Gasteiger charge is -2.29. The Bertz CT molecular complexity index is 198. The van der Waals surface area contributed by atoms with Crippen LogP contribution in [0.4, 0.5) is 0 Å². The number of hydrogen-bond donors (Lipinski definition) is 2. The fourth-order valence-corrected chi connectivity index (χ4v) is 2.53. The van der Waals surface area contributed by atoms with Crippen LogP contribution in [-0.4, -0.2) is 25.5 Å². The van der Waals surface area contributed by atoms with Crippen LogP contribution in [0.15, 0.2) is 0 Å². The van der Waals surface area contributed by atoms with Crippen LogP contribution < -0.4 is 10.6 Å². The molecule has 1 rings (SSSR count). The highest BCUT2D eigenvalue weighted by atomic mass is 16.1. The molecule has 0 unspecified atom stereocenters. The molecule has 0 atom stereocenters. The topological polar surface area (TPSA) is 41.1 Å². The molecule has 0 aromatic carbocycles. The van der Waals surface area contributed by atoms with Crippen LogP contribution in [0, 0.1) is 5.92 Å². The molecule has 0 aliphatic heterocycles. The molecule has 2 N–H and O–H groups in total. The van der Waals surface area contributed by atoms with E-state index in [9.17, 15) is 4.79 Å². The highest BCUT2D eigenvalue weighted by molar-refractivity contribution is 5.78. The maximum Gasteiger partial charge on any atom is 0.234 e. The standard InChI is InChI=1S/C13H26N2O/c1-3-4-5-11-6-8-12(9-7-11)15-13(16)10-14-2/h11-12,14H,3-10H2,1-2H3,(H,15,16). The van der Waals surface area contributed by atoms with Crippen molar-refractivity contribution in [1.29, 1.82) is 0 Å². The van der Waals surface area contributed by atoms with Crippen LogP contribution in [0.25, 0.3) is 0 Å². The Hall–Kier alpha value is -0.570. The minimum Gasteiger partial charge on any atom is -0.352 e. The van der Waals surface area contributed by atoms with E-state index in [1.165, 1.54) is 44.9 Å². The van der Waals surface area contributed by atoms with Crippen LogP contribution in [0.2, 0.25) is 0 Å². The molecule has 0 spiro atoms. The summed E-state index contributed by atoms with van der Waals surface area (Å²) in [6, 6.07) is 0.429. The van der Waals surface area contributed by atoms with E-state index in [0.29, 0.717) is 12.6 Å². The van der Waals surface area contributed by atoms with Crippen molar-refractivity contribution in [2.75, 3.05) is 13.6 Å². The van der Waals surface area contributed by atoms with Crippen molar-refractivity contribution in [2.45, 2.75) is 57.9 Å². The molecule has 1 aliphatic carbocycles. The van der Waals surface area contributed by atoms with E-state index >= 15 is 0 Å². The largest absolute Gasteiger partial charge is 0.352 e. The molecule has 0 heterocycles. The number of hydrogen-bond acceptors (Lipinski definition) is 2. The van der Waals surface area contributed by atoms with Gasteiger partial charge in [0.15, 0.2) is 0 Å². The predicted octanol–water partition coefficient (Wildman–Crippen LogP) is 2.07. The molecule has 1 aliphatic rings. The summed E-state index contributed by atoms with van der Waals surface area (Å²) in [7, 11) is 1.81. The number of likely N-dealkylation sites (N-methyl/N-ethyl adjacent to an activating group) is 1. The van der Waals surface area contributed by atoms with Gasteiger partial charge in [0.1, 0.15) is 0 Å². The maximum atomic E-state index is 11.4. The third-order valence-corrected chi connectivity index (χ3v) is 3.52. The van der Waals surface area contributed by atoms with Gasteiger partial charge >= 0.3 is 0 Å². The first kappa shape index (κ1) is 13.5. The molecule has 16 heavy (non-hydrogen) atoms. The fourth-order valence-electron chi connectivity index (χ4n) is 2.53. The number of carbonyl (C=O) groups excluding carboxylic acids is 1. The number of rotatable bonds is 6. The van der Waals surface area contributed by atoms with E-state index in [0.717, 1.165) is 5.92 Å². The van der Waals surface area contributed by atoms with Crippen LogP contribution >= 0.6 is 0 Å². The summed E-state index contributed by atoms with van der Waals surface area (Å²) < 4.78 is 0. The van der Waals surface area contributed by atoms with E-state index in [1.807, 2.05) is 0 Å². The van der Waals surface area contributed by atoms with Crippen molar-refractivity contribution in [1.82, 2.24) is 10.6 Å². The lowest BCUT2D eigenvalue weighted by atomic mass is 9.83. The zero-order valence-corrected chi connectivity index (χ0v) is 10.7. The molecule has 0 aromatic heterocycles. The molecule has 3 nitrogen and oxygen atoms in total.